The molecule has 2 aliphatic carbocycles. The summed E-state index contributed by atoms with van der Waals surface area (Å²) in [5.74, 6) is 1.65. The summed E-state index contributed by atoms with van der Waals surface area (Å²) in [4.78, 5) is 12.7. The van der Waals surface area contributed by atoms with Gasteiger partial charge < -0.3 is 15.5 Å². The molecule has 0 radical (unpaired) electrons. The second-order valence-electron chi connectivity index (χ2n) is 9.04. The molecule has 3 rings (SSSR count). The molecule has 0 bridgehead atoms. The highest BCUT2D eigenvalue weighted by Crippen LogP contribution is 2.33. The van der Waals surface area contributed by atoms with Gasteiger partial charge in [-0.2, -0.15) is 0 Å². The Kier molecular flexibility index (Phi) is 8.11. The Morgan fingerprint density at radius 3 is 1.93 bits per heavy atom. The van der Waals surface area contributed by atoms with Gasteiger partial charge in [-0.05, 0) is 50.4 Å². The van der Waals surface area contributed by atoms with Crippen molar-refractivity contribution in [2.45, 2.75) is 90.0 Å². The Morgan fingerprint density at radius 1 is 0.821 bits per heavy atom. The molecular weight excluding hydrogens is 352 g/mol. The molecule has 3 N–H and O–H groups in total. The molecule has 2 fully saturated rings. The van der Waals surface area contributed by atoms with Crippen LogP contribution in [-0.2, 0) is 11.3 Å². The molecule has 1 aromatic rings. The molecule has 5 nitrogen and oxygen atoms in total. The maximum Gasteiger partial charge on any atom is 0.223 e. The van der Waals surface area contributed by atoms with Crippen molar-refractivity contribution in [3.05, 3.63) is 12.1 Å². The summed E-state index contributed by atoms with van der Waals surface area (Å²) >= 11 is 0. The molecule has 0 atom stereocenters. The van der Waals surface area contributed by atoms with Crippen LogP contribution in [0.1, 0.15) is 83.5 Å². The maximum absolute atomic E-state index is 12.7. The Hall–Kier alpha value is -1.65. The number of aromatic hydroxyl groups is 2. The number of nitrogens with one attached hydrogen (secondary N) is 1. The number of amides is 1. The lowest BCUT2D eigenvalue weighted by Crippen LogP contribution is -2.36. The van der Waals surface area contributed by atoms with Gasteiger partial charge in [0, 0.05) is 31.1 Å². The van der Waals surface area contributed by atoms with Gasteiger partial charge in [-0.25, -0.2) is 0 Å². The van der Waals surface area contributed by atoms with Crippen LogP contribution < -0.4 is 5.32 Å². The van der Waals surface area contributed by atoms with Crippen molar-refractivity contribution < 1.29 is 15.0 Å². The van der Waals surface area contributed by atoms with E-state index < -0.39 is 0 Å². The van der Waals surface area contributed by atoms with Gasteiger partial charge in [0.05, 0.1) is 0 Å². The number of hydrogen-bond acceptors (Lipinski definition) is 3. The molecule has 2 saturated carbocycles. The van der Waals surface area contributed by atoms with Crippen LogP contribution in [0.5, 0.6) is 11.8 Å². The first-order valence-electron chi connectivity index (χ1n) is 11.5. The van der Waals surface area contributed by atoms with E-state index in [1.807, 2.05) is 0 Å². The number of hydrogen-bond donors (Lipinski definition) is 3. The number of nitrogens with zero attached hydrogens (tertiary/aromatic N) is 1. The monoisotopic (exact) mass is 390 g/mol. The van der Waals surface area contributed by atoms with E-state index in [0.29, 0.717) is 18.4 Å². The van der Waals surface area contributed by atoms with Crippen LogP contribution in [0.4, 0.5) is 0 Å². The second kappa shape index (κ2) is 10.8. The minimum atomic E-state index is 0.114. The summed E-state index contributed by atoms with van der Waals surface area (Å²) in [5, 5.41) is 22.9. The standard InChI is InChI=1S/C23H38N2O3/c26-21-14-15-22(27)25(21)17-19-10-12-20(13-11-19)23(28)24-16-18-8-6-4-2-1-3-5-7-9-18/h14-15,18-20,26-27H,1-13,16-17H2,(H,24,28). The average Bonchev–Trinajstić information content (AvgIpc) is 3.03. The van der Waals surface area contributed by atoms with Crippen LogP contribution in [0.25, 0.3) is 0 Å². The molecular formula is C23H38N2O3. The third-order valence-electron chi connectivity index (χ3n) is 6.88. The van der Waals surface area contributed by atoms with Crippen molar-refractivity contribution >= 4 is 5.91 Å². The zero-order valence-corrected chi connectivity index (χ0v) is 17.2. The van der Waals surface area contributed by atoms with Crippen LogP contribution in [0.2, 0.25) is 0 Å². The summed E-state index contributed by atoms with van der Waals surface area (Å²) in [6.45, 7) is 1.48. The van der Waals surface area contributed by atoms with Crippen molar-refractivity contribution in [3.63, 3.8) is 0 Å². The smallest absolute Gasteiger partial charge is 0.223 e. The molecule has 5 heteroatoms. The number of carbonyl (C=O) groups excluding carboxylic acids is 1. The molecule has 2 aliphatic rings. The maximum atomic E-state index is 12.7. The molecule has 0 spiro atoms. The van der Waals surface area contributed by atoms with Gasteiger partial charge in [0.1, 0.15) is 0 Å². The van der Waals surface area contributed by atoms with Gasteiger partial charge in [-0.1, -0.05) is 44.9 Å². The number of rotatable bonds is 5. The third-order valence-corrected chi connectivity index (χ3v) is 6.88. The van der Waals surface area contributed by atoms with Crippen molar-refractivity contribution in [1.82, 2.24) is 9.88 Å². The van der Waals surface area contributed by atoms with Gasteiger partial charge >= 0.3 is 0 Å². The van der Waals surface area contributed by atoms with Gasteiger partial charge in [0.15, 0.2) is 11.8 Å². The van der Waals surface area contributed by atoms with E-state index in [1.54, 1.807) is 4.57 Å². The second-order valence-corrected chi connectivity index (χ2v) is 9.04. The van der Waals surface area contributed by atoms with Gasteiger partial charge in [-0.15, -0.1) is 0 Å². The van der Waals surface area contributed by atoms with Crippen molar-refractivity contribution in [2.75, 3.05) is 6.54 Å². The topological polar surface area (TPSA) is 74.5 Å². The first kappa shape index (κ1) is 21.1. The van der Waals surface area contributed by atoms with Gasteiger partial charge in [-0.3, -0.25) is 9.36 Å². The normalized spacial score (nSPS) is 25.3. The molecule has 28 heavy (non-hydrogen) atoms. The van der Waals surface area contributed by atoms with Crippen molar-refractivity contribution in [2.24, 2.45) is 17.8 Å². The fourth-order valence-electron chi connectivity index (χ4n) is 4.99. The lowest BCUT2D eigenvalue weighted by molar-refractivity contribution is -0.126. The Balaban J connectivity index is 1.38. The lowest BCUT2D eigenvalue weighted by atomic mass is 9.81. The van der Waals surface area contributed by atoms with Crippen LogP contribution in [-0.4, -0.2) is 27.2 Å². The largest absolute Gasteiger partial charge is 0.494 e. The molecule has 0 saturated heterocycles. The van der Waals surface area contributed by atoms with E-state index >= 15 is 0 Å². The molecule has 1 amide bonds. The SMILES string of the molecule is O=C(NCC1CCCCCCCCC1)C1CCC(Cn2c(O)ccc2O)CC1. The van der Waals surface area contributed by atoms with E-state index in [2.05, 4.69) is 5.32 Å². The van der Waals surface area contributed by atoms with E-state index in [0.717, 1.165) is 32.2 Å². The fraction of sp³-hybridized carbons (Fsp3) is 0.783. The highest BCUT2D eigenvalue weighted by atomic mass is 16.3. The summed E-state index contributed by atoms with van der Waals surface area (Å²) in [6, 6.07) is 3.04. The van der Waals surface area contributed by atoms with Gasteiger partial charge in [0.25, 0.3) is 0 Å². The van der Waals surface area contributed by atoms with E-state index in [4.69, 9.17) is 0 Å². The summed E-state index contributed by atoms with van der Waals surface area (Å²) in [7, 11) is 0. The van der Waals surface area contributed by atoms with Crippen LogP contribution >= 0.6 is 0 Å². The zero-order chi connectivity index (χ0) is 19.8. The number of carbonyl (C=O) groups is 1. The predicted molar refractivity (Wildman–Crippen MR) is 111 cm³/mol. The highest BCUT2D eigenvalue weighted by Gasteiger charge is 2.27. The molecule has 1 aromatic heterocycles. The van der Waals surface area contributed by atoms with Crippen LogP contribution in [0.3, 0.4) is 0 Å². The minimum Gasteiger partial charge on any atom is -0.494 e. The Labute approximate surface area is 169 Å². The zero-order valence-electron chi connectivity index (χ0n) is 17.2. The first-order chi connectivity index (χ1) is 13.6. The molecule has 0 aliphatic heterocycles. The van der Waals surface area contributed by atoms with Crippen LogP contribution in [0, 0.1) is 17.8 Å². The van der Waals surface area contributed by atoms with Crippen molar-refractivity contribution in [3.8, 4) is 11.8 Å². The van der Waals surface area contributed by atoms with Gasteiger partial charge in [0.2, 0.25) is 5.91 Å². The van der Waals surface area contributed by atoms with Crippen molar-refractivity contribution in [1.29, 1.82) is 0 Å². The Bertz CT molecular complexity index is 575. The molecule has 0 aromatic carbocycles. The van der Waals surface area contributed by atoms with E-state index in [-0.39, 0.29) is 23.6 Å². The highest BCUT2D eigenvalue weighted by molar-refractivity contribution is 5.78. The summed E-state index contributed by atoms with van der Waals surface area (Å²) in [6.07, 6.45) is 15.7. The van der Waals surface area contributed by atoms with Crippen LogP contribution in [0.15, 0.2) is 12.1 Å². The first-order valence-corrected chi connectivity index (χ1v) is 11.5. The third kappa shape index (κ3) is 6.18. The average molecular weight is 391 g/mol. The summed E-state index contributed by atoms with van der Waals surface area (Å²) in [5.41, 5.74) is 0. The quantitative estimate of drug-likeness (QED) is 0.665. The van der Waals surface area contributed by atoms with E-state index in [1.165, 1.54) is 69.9 Å². The molecule has 158 valence electrons. The number of aromatic nitrogens is 1. The Morgan fingerprint density at radius 2 is 1.36 bits per heavy atom. The lowest BCUT2D eigenvalue weighted by Gasteiger charge is -2.29. The van der Waals surface area contributed by atoms with E-state index in [9.17, 15) is 15.0 Å². The molecule has 1 heterocycles. The molecule has 0 unspecified atom stereocenters. The minimum absolute atomic E-state index is 0.114. The summed E-state index contributed by atoms with van der Waals surface area (Å²) < 4.78 is 1.56. The fourth-order valence-corrected chi connectivity index (χ4v) is 4.99. The predicted octanol–water partition coefficient (Wildman–Crippen LogP) is 4.96.